The van der Waals surface area contributed by atoms with Crippen molar-refractivity contribution in [3.8, 4) is 11.4 Å². The Hall–Kier alpha value is -3.00. The summed E-state index contributed by atoms with van der Waals surface area (Å²) in [6.07, 6.45) is -5.86. The van der Waals surface area contributed by atoms with Crippen molar-refractivity contribution in [2.75, 3.05) is 5.32 Å². The highest BCUT2D eigenvalue weighted by Gasteiger charge is 2.40. The van der Waals surface area contributed by atoms with Gasteiger partial charge >= 0.3 is 12.3 Å². The van der Waals surface area contributed by atoms with E-state index in [4.69, 9.17) is 16.3 Å². The Morgan fingerprint density at radius 2 is 1.85 bits per heavy atom. The molecule has 3 rings (SSSR count). The molecule has 0 unspecified atom stereocenters. The third kappa shape index (κ3) is 4.22. The van der Waals surface area contributed by atoms with Gasteiger partial charge in [-0.2, -0.15) is 18.3 Å². The van der Waals surface area contributed by atoms with Crippen molar-refractivity contribution >= 4 is 23.4 Å². The predicted molar refractivity (Wildman–Crippen MR) is 94.4 cm³/mol. The van der Waals surface area contributed by atoms with Crippen molar-refractivity contribution < 1.29 is 22.7 Å². The van der Waals surface area contributed by atoms with Gasteiger partial charge in [-0.15, -0.1) is 0 Å². The van der Waals surface area contributed by atoms with Crippen molar-refractivity contribution in [2.45, 2.75) is 13.1 Å². The third-order valence-corrected chi connectivity index (χ3v) is 3.83. The second-order valence-electron chi connectivity index (χ2n) is 5.53. The highest BCUT2D eigenvalue weighted by molar-refractivity contribution is 6.30. The lowest BCUT2D eigenvalue weighted by atomic mass is 10.3. The average Bonchev–Trinajstić information content (AvgIpc) is 2.92. The Morgan fingerprint density at radius 3 is 2.48 bits per heavy atom. The van der Waals surface area contributed by atoms with Gasteiger partial charge in [0.15, 0.2) is 5.75 Å². The second kappa shape index (κ2) is 7.32. The fraction of sp³-hybridized carbons (Fsp3) is 0.111. The lowest BCUT2D eigenvalue weighted by molar-refractivity contribution is -0.142. The van der Waals surface area contributed by atoms with Gasteiger partial charge in [-0.25, -0.2) is 9.48 Å². The van der Waals surface area contributed by atoms with Gasteiger partial charge in [0, 0.05) is 10.7 Å². The fourth-order valence-electron chi connectivity index (χ4n) is 2.41. The van der Waals surface area contributed by atoms with Gasteiger partial charge in [0.1, 0.15) is 0 Å². The number of hydrogen-bond acceptors (Lipinski definition) is 3. The molecule has 9 heteroatoms. The van der Waals surface area contributed by atoms with E-state index in [9.17, 15) is 18.0 Å². The number of hydrogen-bond donors (Lipinski definition) is 1. The Labute approximate surface area is 157 Å². The number of amides is 1. The van der Waals surface area contributed by atoms with E-state index in [1.807, 2.05) is 0 Å². The molecule has 1 heterocycles. The van der Waals surface area contributed by atoms with Gasteiger partial charge in [-0.05, 0) is 37.3 Å². The number of halogens is 4. The van der Waals surface area contributed by atoms with Crippen molar-refractivity contribution in [3.63, 3.8) is 0 Å². The van der Waals surface area contributed by atoms with Gasteiger partial charge in [0.25, 0.3) is 0 Å². The normalized spacial score (nSPS) is 11.3. The molecule has 0 aliphatic rings. The van der Waals surface area contributed by atoms with Crippen LogP contribution in [0.25, 0.3) is 5.69 Å². The van der Waals surface area contributed by atoms with Gasteiger partial charge in [0.05, 0.1) is 11.4 Å². The van der Waals surface area contributed by atoms with E-state index in [1.54, 1.807) is 48.5 Å². The number of aromatic nitrogens is 2. The largest absolute Gasteiger partial charge is 0.438 e. The Bertz CT molecular complexity index is 972. The molecular formula is C18H13ClF3N3O2. The van der Waals surface area contributed by atoms with Crippen LogP contribution in [0.5, 0.6) is 5.75 Å². The van der Waals surface area contributed by atoms with Crippen molar-refractivity contribution in [3.05, 3.63) is 71.0 Å². The van der Waals surface area contributed by atoms with Crippen molar-refractivity contribution in [1.29, 1.82) is 0 Å². The molecule has 0 radical (unpaired) electrons. The van der Waals surface area contributed by atoms with Crippen LogP contribution in [0.15, 0.2) is 54.6 Å². The number of para-hydroxylation sites is 1. The van der Waals surface area contributed by atoms with Crippen molar-refractivity contribution in [2.24, 2.45) is 0 Å². The summed E-state index contributed by atoms with van der Waals surface area (Å²) in [4.78, 5) is 12.1. The number of carbonyl (C=O) groups excluding carboxylic acids is 1. The molecule has 27 heavy (non-hydrogen) atoms. The Morgan fingerprint density at radius 1 is 1.15 bits per heavy atom. The van der Waals surface area contributed by atoms with Crippen LogP contribution in [0.1, 0.15) is 11.4 Å². The predicted octanol–water partition coefficient (Wildman–Crippen LogP) is 5.46. The van der Waals surface area contributed by atoms with Crippen LogP contribution < -0.4 is 10.1 Å². The van der Waals surface area contributed by atoms with Gasteiger partial charge in [-0.3, -0.25) is 5.32 Å². The van der Waals surface area contributed by atoms with E-state index in [1.165, 1.54) is 13.0 Å². The molecule has 0 aliphatic heterocycles. The van der Waals surface area contributed by atoms with E-state index in [-0.39, 0.29) is 5.69 Å². The number of anilines is 1. The third-order valence-electron chi connectivity index (χ3n) is 3.60. The Balaban J connectivity index is 1.97. The summed E-state index contributed by atoms with van der Waals surface area (Å²) in [6, 6.07) is 14.4. The van der Waals surface area contributed by atoms with Gasteiger partial charge < -0.3 is 4.74 Å². The second-order valence-corrected chi connectivity index (χ2v) is 5.97. The summed E-state index contributed by atoms with van der Waals surface area (Å²) in [6.45, 7) is 1.37. The highest BCUT2D eigenvalue weighted by Crippen LogP contribution is 2.38. The van der Waals surface area contributed by atoms with Crippen LogP contribution in [0, 0.1) is 6.92 Å². The number of rotatable bonds is 3. The number of carbonyl (C=O) groups is 1. The lowest BCUT2D eigenvalue weighted by Gasteiger charge is -2.09. The lowest BCUT2D eigenvalue weighted by Crippen LogP contribution is -2.19. The van der Waals surface area contributed by atoms with Crippen LogP contribution in [0.3, 0.4) is 0 Å². The zero-order valence-corrected chi connectivity index (χ0v) is 14.7. The topological polar surface area (TPSA) is 56.1 Å². The first kappa shape index (κ1) is 18.8. The minimum absolute atomic E-state index is 0.00723. The van der Waals surface area contributed by atoms with E-state index in [0.29, 0.717) is 16.4 Å². The van der Waals surface area contributed by atoms with Crippen LogP contribution in [-0.2, 0) is 6.18 Å². The number of nitrogens with zero attached hydrogens (tertiary/aromatic N) is 2. The maximum Gasteiger partial charge on any atom is 0.438 e. The fourth-order valence-corrected chi connectivity index (χ4v) is 2.60. The SMILES string of the molecule is Cc1c(OC(=O)Nc2ccccc2)c(C(F)(F)F)nn1-c1cccc(Cl)c1. The quantitative estimate of drug-likeness (QED) is 0.640. The molecule has 140 valence electrons. The minimum atomic E-state index is -4.81. The molecule has 0 saturated heterocycles. The highest BCUT2D eigenvalue weighted by atomic mass is 35.5. The first-order valence-electron chi connectivity index (χ1n) is 7.72. The zero-order chi connectivity index (χ0) is 19.6. The van der Waals surface area contributed by atoms with E-state index in [0.717, 1.165) is 4.68 Å². The number of alkyl halides is 3. The van der Waals surface area contributed by atoms with Gasteiger partial charge in [-0.1, -0.05) is 35.9 Å². The summed E-state index contributed by atoms with van der Waals surface area (Å²) in [5, 5.41) is 6.28. The summed E-state index contributed by atoms with van der Waals surface area (Å²) < 4.78 is 46.2. The summed E-state index contributed by atoms with van der Waals surface area (Å²) >= 11 is 5.90. The molecule has 0 saturated carbocycles. The standard InChI is InChI=1S/C18H13ClF3N3O2/c1-11-15(27-17(26)23-13-7-3-2-4-8-13)16(18(20,21)22)24-25(11)14-9-5-6-12(19)10-14/h2-10H,1H3,(H,23,26). The van der Waals surface area contributed by atoms with Crippen LogP contribution in [-0.4, -0.2) is 15.9 Å². The van der Waals surface area contributed by atoms with Gasteiger partial charge in [0.2, 0.25) is 5.69 Å². The van der Waals surface area contributed by atoms with E-state index in [2.05, 4.69) is 10.4 Å². The van der Waals surface area contributed by atoms with Crippen LogP contribution >= 0.6 is 11.6 Å². The molecule has 0 fully saturated rings. The molecule has 0 bridgehead atoms. The molecule has 0 spiro atoms. The molecule has 5 nitrogen and oxygen atoms in total. The summed E-state index contributed by atoms with van der Waals surface area (Å²) in [5.41, 5.74) is -0.601. The molecular weight excluding hydrogens is 383 g/mol. The molecule has 1 N–H and O–H groups in total. The minimum Gasteiger partial charge on any atom is -0.406 e. The van der Waals surface area contributed by atoms with E-state index >= 15 is 0 Å². The summed E-state index contributed by atoms with van der Waals surface area (Å²) in [7, 11) is 0. The molecule has 1 aromatic heterocycles. The monoisotopic (exact) mass is 395 g/mol. The molecule has 1 amide bonds. The number of nitrogens with one attached hydrogen (secondary N) is 1. The maximum absolute atomic E-state index is 13.4. The van der Waals surface area contributed by atoms with Crippen LogP contribution in [0.4, 0.5) is 23.7 Å². The van der Waals surface area contributed by atoms with Crippen molar-refractivity contribution in [1.82, 2.24) is 9.78 Å². The molecule has 2 aromatic carbocycles. The Kier molecular flexibility index (Phi) is 5.09. The smallest absolute Gasteiger partial charge is 0.406 e. The first-order valence-corrected chi connectivity index (χ1v) is 8.10. The first-order chi connectivity index (χ1) is 12.8. The summed E-state index contributed by atoms with van der Waals surface area (Å²) in [5.74, 6) is -0.670. The maximum atomic E-state index is 13.4. The molecule has 0 aliphatic carbocycles. The molecule has 3 aromatic rings. The molecule has 0 atom stereocenters. The van der Waals surface area contributed by atoms with Crippen LogP contribution in [0.2, 0.25) is 5.02 Å². The average molecular weight is 396 g/mol. The van der Waals surface area contributed by atoms with E-state index < -0.39 is 23.7 Å². The number of benzene rings is 2. The zero-order valence-electron chi connectivity index (χ0n) is 13.9. The number of ether oxygens (including phenoxy) is 1.